The van der Waals surface area contributed by atoms with E-state index in [1.807, 2.05) is 24.5 Å². The minimum atomic E-state index is 0.416. The molecule has 0 unspecified atom stereocenters. The number of aromatic nitrogens is 2. The number of ether oxygens (including phenoxy) is 1. The highest BCUT2D eigenvalue weighted by molar-refractivity contribution is 5.72. The second-order valence-electron chi connectivity index (χ2n) is 5.69. The molecule has 1 aliphatic rings. The van der Waals surface area contributed by atoms with E-state index >= 15 is 0 Å². The van der Waals surface area contributed by atoms with Crippen LogP contribution < -0.4 is 10.2 Å². The summed E-state index contributed by atoms with van der Waals surface area (Å²) in [5.41, 5.74) is 2.20. The van der Waals surface area contributed by atoms with Crippen LogP contribution in [0.2, 0.25) is 0 Å². The summed E-state index contributed by atoms with van der Waals surface area (Å²) in [4.78, 5) is 11.3. The summed E-state index contributed by atoms with van der Waals surface area (Å²) in [5, 5.41) is 3.46. The molecule has 0 bridgehead atoms. The van der Waals surface area contributed by atoms with Crippen molar-refractivity contribution in [3.8, 4) is 0 Å². The van der Waals surface area contributed by atoms with Gasteiger partial charge in [0.25, 0.3) is 0 Å². The van der Waals surface area contributed by atoms with Crippen LogP contribution in [0.4, 0.5) is 17.3 Å². The molecule has 116 valence electrons. The van der Waals surface area contributed by atoms with Crippen molar-refractivity contribution in [2.45, 2.75) is 19.8 Å². The summed E-state index contributed by atoms with van der Waals surface area (Å²) >= 11 is 0. The Morgan fingerprint density at radius 3 is 2.59 bits per heavy atom. The number of pyridine rings is 2. The van der Waals surface area contributed by atoms with Crippen LogP contribution in [0.1, 0.15) is 25.3 Å². The molecule has 0 aliphatic carbocycles. The van der Waals surface area contributed by atoms with Gasteiger partial charge in [0.05, 0.1) is 18.9 Å². The highest BCUT2D eigenvalue weighted by Gasteiger charge is 2.17. The molecule has 1 aliphatic heterocycles. The average Bonchev–Trinajstić information content (AvgIpc) is 2.56. The van der Waals surface area contributed by atoms with Crippen LogP contribution >= 0.6 is 0 Å². The lowest BCUT2D eigenvalue weighted by Crippen LogP contribution is -2.37. The van der Waals surface area contributed by atoms with Gasteiger partial charge in [-0.1, -0.05) is 19.9 Å². The molecule has 0 spiro atoms. The molecule has 1 saturated heterocycles. The summed E-state index contributed by atoms with van der Waals surface area (Å²) < 4.78 is 5.43. The van der Waals surface area contributed by atoms with Gasteiger partial charge < -0.3 is 15.0 Å². The summed E-state index contributed by atoms with van der Waals surface area (Å²) in [5.74, 6) is 2.28. The standard InChI is InChI=1S/C17H22N4O/c1-13(2)14-5-3-7-18-16(14)20-15-6-4-8-19-17(15)21-9-11-22-12-10-21/h3-8,13H,9-12H2,1-2H3,(H,18,20). The van der Waals surface area contributed by atoms with E-state index in [-0.39, 0.29) is 0 Å². The molecule has 0 radical (unpaired) electrons. The van der Waals surface area contributed by atoms with Gasteiger partial charge in [-0.15, -0.1) is 0 Å². The smallest absolute Gasteiger partial charge is 0.152 e. The van der Waals surface area contributed by atoms with Gasteiger partial charge in [0.15, 0.2) is 5.82 Å². The van der Waals surface area contributed by atoms with Crippen molar-refractivity contribution in [2.75, 3.05) is 36.5 Å². The van der Waals surface area contributed by atoms with Crippen molar-refractivity contribution in [1.82, 2.24) is 9.97 Å². The summed E-state index contributed by atoms with van der Waals surface area (Å²) in [6, 6.07) is 8.10. The second-order valence-corrected chi connectivity index (χ2v) is 5.69. The van der Waals surface area contributed by atoms with Crippen LogP contribution in [0, 0.1) is 0 Å². The number of nitrogens with zero attached hydrogens (tertiary/aromatic N) is 3. The zero-order chi connectivity index (χ0) is 15.4. The highest BCUT2D eigenvalue weighted by atomic mass is 16.5. The predicted octanol–water partition coefficient (Wildman–Crippen LogP) is 3.18. The largest absolute Gasteiger partial charge is 0.378 e. The highest BCUT2D eigenvalue weighted by Crippen LogP contribution is 2.29. The van der Waals surface area contributed by atoms with Crippen LogP contribution in [-0.4, -0.2) is 36.3 Å². The molecule has 3 rings (SSSR count). The third-order valence-corrected chi connectivity index (χ3v) is 3.81. The van der Waals surface area contributed by atoms with Crippen molar-refractivity contribution in [3.05, 3.63) is 42.2 Å². The molecule has 2 aromatic heterocycles. The maximum Gasteiger partial charge on any atom is 0.152 e. The lowest BCUT2D eigenvalue weighted by Gasteiger charge is -2.29. The first-order valence-electron chi connectivity index (χ1n) is 7.75. The SMILES string of the molecule is CC(C)c1cccnc1Nc1cccnc1N1CCOCC1. The topological polar surface area (TPSA) is 50.3 Å². The fraction of sp³-hybridized carbons (Fsp3) is 0.412. The van der Waals surface area contributed by atoms with E-state index in [2.05, 4.69) is 46.2 Å². The van der Waals surface area contributed by atoms with Crippen molar-refractivity contribution in [3.63, 3.8) is 0 Å². The van der Waals surface area contributed by atoms with E-state index in [4.69, 9.17) is 4.74 Å². The van der Waals surface area contributed by atoms with Gasteiger partial charge in [-0.25, -0.2) is 9.97 Å². The molecular weight excluding hydrogens is 276 g/mol. The van der Waals surface area contributed by atoms with E-state index in [9.17, 15) is 0 Å². The maximum absolute atomic E-state index is 5.43. The first-order chi connectivity index (χ1) is 10.8. The number of rotatable bonds is 4. The van der Waals surface area contributed by atoms with Crippen LogP contribution in [0.3, 0.4) is 0 Å². The van der Waals surface area contributed by atoms with E-state index in [1.54, 1.807) is 0 Å². The normalized spacial score (nSPS) is 15.1. The third kappa shape index (κ3) is 3.20. The molecule has 5 heteroatoms. The van der Waals surface area contributed by atoms with Crippen molar-refractivity contribution in [1.29, 1.82) is 0 Å². The van der Waals surface area contributed by atoms with Gasteiger partial charge >= 0.3 is 0 Å². The number of anilines is 3. The van der Waals surface area contributed by atoms with E-state index in [1.165, 1.54) is 5.56 Å². The lowest BCUT2D eigenvalue weighted by atomic mass is 10.0. The minimum absolute atomic E-state index is 0.416. The Bertz CT molecular complexity index is 624. The van der Waals surface area contributed by atoms with Gasteiger partial charge in [-0.05, 0) is 29.7 Å². The zero-order valence-electron chi connectivity index (χ0n) is 13.1. The Morgan fingerprint density at radius 1 is 1.09 bits per heavy atom. The molecule has 1 N–H and O–H groups in total. The minimum Gasteiger partial charge on any atom is -0.378 e. The Hall–Kier alpha value is -2.14. The van der Waals surface area contributed by atoms with Crippen molar-refractivity contribution < 1.29 is 4.74 Å². The van der Waals surface area contributed by atoms with Gasteiger partial charge in [-0.2, -0.15) is 0 Å². The summed E-state index contributed by atoms with van der Waals surface area (Å²) in [6.45, 7) is 7.58. The predicted molar refractivity (Wildman–Crippen MR) is 88.9 cm³/mol. The Labute approximate surface area is 131 Å². The Balaban J connectivity index is 1.90. The number of hydrogen-bond donors (Lipinski definition) is 1. The number of hydrogen-bond acceptors (Lipinski definition) is 5. The van der Waals surface area contributed by atoms with Crippen LogP contribution in [-0.2, 0) is 4.74 Å². The summed E-state index contributed by atoms with van der Waals surface area (Å²) in [7, 11) is 0. The fourth-order valence-electron chi connectivity index (χ4n) is 2.64. The molecule has 1 fully saturated rings. The number of morpholine rings is 1. The molecule has 2 aromatic rings. The first-order valence-corrected chi connectivity index (χ1v) is 7.75. The van der Waals surface area contributed by atoms with Gasteiger partial charge in [0, 0.05) is 25.5 Å². The summed E-state index contributed by atoms with van der Waals surface area (Å²) in [6.07, 6.45) is 3.65. The van der Waals surface area contributed by atoms with Crippen LogP contribution in [0.25, 0.3) is 0 Å². The Kier molecular flexibility index (Phi) is 4.53. The van der Waals surface area contributed by atoms with Crippen molar-refractivity contribution >= 4 is 17.3 Å². The molecule has 0 aromatic carbocycles. The van der Waals surface area contributed by atoms with E-state index in [0.717, 1.165) is 43.6 Å². The molecule has 0 saturated carbocycles. The molecule has 22 heavy (non-hydrogen) atoms. The zero-order valence-corrected chi connectivity index (χ0v) is 13.1. The van der Waals surface area contributed by atoms with Gasteiger partial charge in [0.1, 0.15) is 5.82 Å². The maximum atomic E-state index is 5.43. The van der Waals surface area contributed by atoms with Gasteiger partial charge in [0.2, 0.25) is 0 Å². The molecule has 3 heterocycles. The van der Waals surface area contributed by atoms with Crippen LogP contribution in [0.15, 0.2) is 36.7 Å². The third-order valence-electron chi connectivity index (χ3n) is 3.81. The quantitative estimate of drug-likeness (QED) is 0.939. The molecule has 5 nitrogen and oxygen atoms in total. The van der Waals surface area contributed by atoms with Gasteiger partial charge in [-0.3, -0.25) is 0 Å². The molecule has 0 atom stereocenters. The van der Waals surface area contributed by atoms with Crippen molar-refractivity contribution in [2.24, 2.45) is 0 Å². The fourth-order valence-corrected chi connectivity index (χ4v) is 2.64. The first kappa shape index (κ1) is 14.8. The molecular formula is C17H22N4O. The van der Waals surface area contributed by atoms with E-state index < -0.39 is 0 Å². The van der Waals surface area contributed by atoms with Crippen LogP contribution in [0.5, 0.6) is 0 Å². The van der Waals surface area contributed by atoms with E-state index in [0.29, 0.717) is 5.92 Å². The Morgan fingerprint density at radius 2 is 1.82 bits per heavy atom. The molecule has 0 amide bonds. The average molecular weight is 298 g/mol. The second kappa shape index (κ2) is 6.75. The monoisotopic (exact) mass is 298 g/mol. The number of nitrogens with one attached hydrogen (secondary N) is 1. The lowest BCUT2D eigenvalue weighted by molar-refractivity contribution is 0.122.